The first kappa shape index (κ1) is 16.1. The number of thioether (sulfide) groups is 1. The van der Waals surface area contributed by atoms with Crippen molar-refractivity contribution >= 4 is 23.4 Å². The molecule has 0 aliphatic heterocycles. The fraction of sp³-hybridized carbons (Fsp3) is 0.533. The monoisotopic (exact) mass is 314 g/mol. The van der Waals surface area contributed by atoms with Crippen LogP contribution in [-0.2, 0) is 0 Å². The van der Waals surface area contributed by atoms with E-state index in [9.17, 15) is 13.6 Å². The van der Waals surface area contributed by atoms with Gasteiger partial charge in [-0.3, -0.25) is 4.79 Å². The SMILES string of the molecule is CNc1c(F)cc(C(=O)NC2CCC(SC)CC2)cc1F. The van der Waals surface area contributed by atoms with E-state index in [1.165, 1.54) is 7.05 Å². The Kier molecular flexibility index (Phi) is 5.45. The van der Waals surface area contributed by atoms with Crippen molar-refractivity contribution in [2.45, 2.75) is 37.0 Å². The minimum Gasteiger partial charge on any atom is -0.383 e. The van der Waals surface area contributed by atoms with Gasteiger partial charge in [0.1, 0.15) is 17.3 Å². The standard InChI is InChI=1S/C15H20F2N2OS/c1-18-14-12(16)7-9(8-13(14)17)15(20)19-10-3-5-11(21-2)6-4-10/h7-8,10-11,18H,3-6H2,1-2H3,(H,19,20). The van der Waals surface area contributed by atoms with Gasteiger partial charge in [0.2, 0.25) is 0 Å². The van der Waals surface area contributed by atoms with Crippen LogP contribution in [-0.4, -0.2) is 30.5 Å². The molecule has 0 bridgehead atoms. The molecular formula is C15H20F2N2OS. The molecule has 0 spiro atoms. The molecule has 0 radical (unpaired) electrons. The van der Waals surface area contributed by atoms with Crippen molar-refractivity contribution in [2.24, 2.45) is 0 Å². The fourth-order valence-corrected chi connectivity index (χ4v) is 3.40. The molecule has 2 rings (SSSR count). The zero-order valence-electron chi connectivity index (χ0n) is 12.2. The third-order valence-corrected chi connectivity index (χ3v) is 5.04. The number of benzene rings is 1. The van der Waals surface area contributed by atoms with Gasteiger partial charge in [-0.15, -0.1) is 0 Å². The maximum atomic E-state index is 13.7. The van der Waals surface area contributed by atoms with Crippen LogP contribution in [0.15, 0.2) is 12.1 Å². The summed E-state index contributed by atoms with van der Waals surface area (Å²) in [6.45, 7) is 0. The van der Waals surface area contributed by atoms with Gasteiger partial charge in [0.25, 0.3) is 5.91 Å². The largest absolute Gasteiger partial charge is 0.383 e. The first-order valence-corrected chi connectivity index (χ1v) is 8.34. The number of carbonyl (C=O) groups is 1. The van der Waals surface area contributed by atoms with Gasteiger partial charge >= 0.3 is 0 Å². The molecule has 21 heavy (non-hydrogen) atoms. The second-order valence-corrected chi connectivity index (χ2v) is 6.39. The lowest BCUT2D eigenvalue weighted by Crippen LogP contribution is -2.38. The molecular weight excluding hydrogens is 294 g/mol. The van der Waals surface area contributed by atoms with Crippen LogP contribution in [0.1, 0.15) is 36.0 Å². The predicted molar refractivity (Wildman–Crippen MR) is 82.9 cm³/mol. The van der Waals surface area contributed by atoms with Crippen LogP contribution in [0.5, 0.6) is 0 Å². The van der Waals surface area contributed by atoms with E-state index in [0.29, 0.717) is 5.25 Å². The van der Waals surface area contributed by atoms with Gasteiger partial charge in [-0.25, -0.2) is 8.78 Å². The Morgan fingerprint density at radius 1 is 1.19 bits per heavy atom. The summed E-state index contributed by atoms with van der Waals surface area (Å²) in [5.74, 6) is -1.93. The molecule has 0 saturated heterocycles. The van der Waals surface area contributed by atoms with E-state index >= 15 is 0 Å². The summed E-state index contributed by atoms with van der Waals surface area (Å²) >= 11 is 1.85. The summed E-state index contributed by atoms with van der Waals surface area (Å²) < 4.78 is 27.3. The van der Waals surface area contributed by atoms with Gasteiger partial charge in [-0.05, 0) is 44.1 Å². The van der Waals surface area contributed by atoms with E-state index in [2.05, 4.69) is 16.9 Å². The zero-order chi connectivity index (χ0) is 15.4. The molecule has 0 atom stereocenters. The van der Waals surface area contributed by atoms with Gasteiger partial charge in [0, 0.05) is 23.9 Å². The van der Waals surface area contributed by atoms with E-state index in [1.54, 1.807) is 0 Å². The Bertz CT molecular complexity index is 493. The second-order valence-electron chi connectivity index (χ2n) is 5.25. The number of anilines is 1. The van der Waals surface area contributed by atoms with Crippen LogP contribution in [0, 0.1) is 11.6 Å². The van der Waals surface area contributed by atoms with Crippen LogP contribution in [0.4, 0.5) is 14.5 Å². The summed E-state index contributed by atoms with van der Waals surface area (Å²) in [5, 5.41) is 5.96. The third kappa shape index (κ3) is 3.87. The smallest absolute Gasteiger partial charge is 0.251 e. The van der Waals surface area contributed by atoms with Crippen molar-refractivity contribution in [1.82, 2.24) is 5.32 Å². The molecule has 1 aliphatic rings. The minimum absolute atomic E-state index is 0.0241. The van der Waals surface area contributed by atoms with E-state index in [1.807, 2.05) is 11.8 Å². The van der Waals surface area contributed by atoms with Crippen LogP contribution < -0.4 is 10.6 Å². The summed E-state index contributed by atoms with van der Waals surface area (Å²) in [4.78, 5) is 12.1. The second kappa shape index (κ2) is 7.11. The molecule has 1 aromatic carbocycles. The predicted octanol–water partition coefficient (Wildman–Crippen LogP) is 3.41. The number of halogens is 2. The number of amides is 1. The number of hydrogen-bond donors (Lipinski definition) is 2. The highest BCUT2D eigenvalue weighted by Crippen LogP contribution is 2.27. The van der Waals surface area contributed by atoms with Gasteiger partial charge in [-0.1, -0.05) is 0 Å². The molecule has 1 aromatic rings. The zero-order valence-corrected chi connectivity index (χ0v) is 13.0. The van der Waals surface area contributed by atoms with E-state index in [4.69, 9.17) is 0 Å². The van der Waals surface area contributed by atoms with E-state index in [0.717, 1.165) is 37.8 Å². The topological polar surface area (TPSA) is 41.1 Å². The maximum absolute atomic E-state index is 13.7. The molecule has 0 heterocycles. The number of nitrogens with one attached hydrogen (secondary N) is 2. The van der Waals surface area contributed by atoms with Crippen molar-refractivity contribution in [3.8, 4) is 0 Å². The highest BCUT2D eigenvalue weighted by atomic mass is 32.2. The molecule has 1 amide bonds. The molecule has 2 N–H and O–H groups in total. The number of carbonyl (C=O) groups excluding carboxylic acids is 1. The number of rotatable bonds is 4. The lowest BCUT2D eigenvalue weighted by Gasteiger charge is -2.28. The van der Waals surface area contributed by atoms with Gasteiger partial charge in [-0.2, -0.15) is 11.8 Å². The van der Waals surface area contributed by atoms with E-state index in [-0.39, 0.29) is 17.3 Å². The van der Waals surface area contributed by atoms with E-state index < -0.39 is 17.5 Å². The number of hydrogen-bond acceptors (Lipinski definition) is 3. The van der Waals surface area contributed by atoms with Crippen molar-refractivity contribution < 1.29 is 13.6 Å². The average Bonchev–Trinajstić information content (AvgIpc) is 2.47. The Morgan fingerprint density at radius 2 is 1.76 bits per heavy atom. The van der Waals surface area contributed by atoms with Crippen LogP contribution in [0.2, 0.25) is 0 Å². The Hall–Kier alpha value is -1.30. The molecule has 3 nitrogen and oxygen atoms in total. The molecule has 116 valence electrons. The summed E-state index contributed by atoms with van der Waals surface area (Å²) in [6, 6.07) is 2.23. The molecule has 1 fully saturated rings. The van der Waals surface area contributed by atoms with Gasteiger partial charge < -0.3 is 10.6 Å². The summed E-state index contributed by atoms with van der Waals surface area (Å²) in [7, 11) is 1.44. The molecule has 0 unspecified atom stereocenters. The van der Waals surface area contributed by atoms with Crippen LogP contribution >= 0.6 is 11.8 Å². The first-order valence-electron chi connectivity index (χ1n) is 7.05. The highest BCUT2D eigenvalue weighted by molar-refractivity contribution is 7.99. The third-order valence-electron chi connectivity index (χ3n) is 3.90. The fourth-order valence-electron chi connectivity index (χ4n) is 2.65. The summed E-state index contributed by atoms with van der Waals surface area (Å²) in [5.41, 5.74) is -0.192. The maximum Gasteiger partial charge on any atom is 0.251 e. The Labute approximate surface area is 127 Å². The van der Waals surface area contributed by atoms with Gasteiger partial charge in [0.05, 0.1) is 0 Å². The minimum atomic E-state index is -0.756. The molecule has 6 heteroatoms. The van der Waals surface area contributed by atoms with Crippen LogP contribution in [0.3, 0.4) is 0 Å². The highest BCUT2D eigenvalue weighted by Gasteiger charge is 2.23. The van der Waals surface area contributed by atoms with Gasteiger partial charge in [0.15, 0.2) is 0 Å². The lowest BCUT2D eigenvalue weighted by atomic mass is 9.94. The average molecular weight is 314 g/mol. The lowest BCUT2D eigenvalue weighted by molar-refractivity contribution is 0.0927. The Morgan fingerprint density at radius 3 is 2.24 bits per heavy atom. The molecule has 1 saturated carbocycles. The Balaban J connectivity index is 2.01. The van der Waals surface area contributed by atoms with Crippen molar-refractivity contribution in [3.05, 3.63) is 29.3 Å². The van der Waals surface area contributed by atoms with Crippen molar-refractivity contribution in [2.75, 3.05) is 18.6 Å². The normalized spacial score (nSPS) is 21.9. The first-order chi connectivity index (χ1) is 10.0. The molecule has 1 aliphatic carbocycles. The molecule has 0 aromatic heterocycles. The van der Waals surface area contributed by atoms with Crippen LogP contribution in [0.25, 0.3) is 0 Å². The quantitative estimate of drug-likeness (QED) is 0.895. The van der Waals surface area contributed by atoms with Crippen molar-refractivity contribution in [1.29, 1.82) is 0 Å². The van der Waals surface area contributed by atoms with Crippen molar-refractivity contribution in [3.63, 3.8) is 0 Å². The summed E-state index contributed by atoms with van der Waals surface area (Å²) in [6.07, 6.45) is 6.05.